The van der Waals surface area contributed by atoms with Crippen LogP contribution in [-0.4, -0.2) is 193 Å². The Morgan fingerprint density at radius 3 is 1.17 bits per heavy atom. The van der Waals surface area contributed by atoms with Gasteiger partial charge < -0.3 is 89.9 Å². The fourth-order valence-electron chi connectivity index (χ4n) is 11.6. The summed E-state index contributed by atoms with van der Waals surface area (Å²) in [5.41, 5.74) is 0. The number of unbranched alkanes of at least 4 members (excludes halogenated alkanes) is 21. The summed E-state index contributed by atoms with van der Waals surface area (Å²) >= 11 is 0. The third-order valence-corrected chi connectivity index (χ3v) is 17.5. The molecule has 3 rings (SSSR count). The average Bonchev–Trinajstić information content (AvgIpc) is 0.787. The van der Waals surface area contributed by atoms with Gasteiger partial charge in [0.05, 0.1) is 38.6 Å². The molecule has 19 heteroatoms. The van der Waals surface area contributed by atoms with Gasteiger partial charge in [0, 0.05) is 6.42 Å². The van der Waals surface area contributed by atoms with Crippen molar-refractivity contribution in [3.63, 3.8) is 0 Å². The molecular weight excluding hydrogens is 1230 g/mol. The lowest BCUT2D eigenvalue weighted by Crippen LogP contribution is -2.66. The zero-order valence-electron chi connectivity index (χ0n) is 58.3. The SMILES string of the molecule is CC/C=C\C/C=C\C/C=C\C/C=C\C/C=C\C/C=C\C/C=C\C/C=C\CCCCCCCCCCCCCCC(=O)NC(COC1OC(CO)C(OC2OC(CO)C(OC3OC(CO)C(O)C(O)C3O)C(O)C2O)C(O)C1O)C(O)/C=C/CC/C=C/CCCCCCCCCC. The molecule has 0 aromatic rings. The number of ether oxygens (including phenoxy) is 6. The molecule has 550 valence electrons. The number of amides is 1. The van der Waals surface area contributed by atoms with Crippen molar-refractivity contribution in [2.45, 2.75) is 330 Å². The predicted molar refractivity (Wildman–Crippen MR) is 378 cm³/mol. The molecule has 17 atom stereocenters. The fraction of sp³-hybridized carbons (Fsp3) is 0.727. The number of rotatable bonds is 55. The number of aliphatic hydroxyl groups is 11. The van der Waals surface area contributed by atoms with Crippen LogP contribution in [-0.2, 0) is 33.2 Å². The number of hydrogen-bond acceptors (Lipinski definition) is 18. The summed E-state index contributed by atoms with van der Waals surface area (Å²) in [6.07, 6.45) is 51.9. The summed E-state index contributed by atoms with van der Waals surface area (Å²) in [7, 11) is 0. The van der Waals surface area contributed by atoms with Crippen LogP contribution in [0.5, 0.6) is 0 Å². The maximum atomic E-state index is 13.4. The Morgan fingerprint density at radius 1 is 0.385 bits per heavy atom. The van der Waals surface area contributed by atoms with E-state index in [1.165, 1.54) is 89.9 Å². The van der Waals surface area contributed by atoms with Crippen LogP contribution in [0.3, 0.4) is 0 Å². The first-order chi connectivity index (χ1) is 46.8. The van der Waals surface area contributed by atoms with Crippen molar-refractivity contribution in [1.29, 1.82) is 0 Å². The predicted octanol–water partition coefficient (Wildman–Crippen LogP) is 10.8. The molecule has 19 nitrogen and oxygen atoms in total. The average molecular weight is 1360 g/mol. The van der Waals surface area contributed by atoms with Crippen molar-refractivity contribution in [3.8, 4) is 0 Å². The molecule has 1 amide bonds. The van der Waals surface area contributed by atoms with Gasteiger partial charge in [-0.2, -0.15) is 0 Å². The molecule has 0 bridgehead atoms. The summed E-state index contributed by atoms with van der Waals surface area (Å²) in [5.74, 6) is -0.293. The first-order valence-electron chi connectivity index (χ1n) is 36.8. The smallest absolute Gasteiger partial charge is 0.220 e. The molecule has 0 radical (unpaired) electrons. The van der Waals surface area contributed by atoms with Crippen molar-refractivity contribution in [1.82, 2.24) is 5.32 Å². The summed E-state index contributed by atoms with van der Waals surface area (Å²) < 4.78 is 34.3. The first kappa shape index (κ1) is 86.4. The van der Waals surface area contributed by atoms with E-state index in [-0.39, 0.29) is 18.9 Å². The van der Waals surface area contributed by atoms with Gasteiger partial charge >= 0.3 is 0 Å². The van der Waals surface area contributed by atoms with Gasteiger partial charge in [0.1, 0.15) is 73.2 Å². The lowest BCUT2D eigenvalue weighted by molar-refractivity contribution is -0.379. The molecular formula is C77H129NO18. The highest BCUT2D eigenvalue weighted by atomic mass is 16.8. The highest BCUT2D eigenvalue weighted by Crippen LogP contribution is 2.33. The van der Waals surface area contributed by atoms with Gasteiger partial charge in [-0.05, 0) is 96.3 Å². The van der Waals surface area contributed by atoms with Crippen molar-refractivity contribution in [2.24, 2.45) is 0 Å². The van der Waals surface area contributed by atoms with Crippen molar-refractivity contribution < 1.29 is 89.4 Å². The summed E-state index contributed by atoms with van der Waals surface area (Å²) in [6, 6.07) is -0.998. The van der Waals surface area contributed by atoms with E-state index in [9.17, 15) is 61.0 Å². The number of aliphatic hydroxyl groups excluding tert-OH is 11. The summed E-state index contributed by atoms with van der Waals surface area (Å²) in [5, 5.41) is 120. The number of nitrogens with one attached hydrogen (secondary N) is 1. The van der Waals surface area contributed by atoms with E-state index < -0.39 is 124 Å². The topological polar surface area (TPSA) is 307 Å². The molecule has 0 aromatic carbocycles. The highest BCUT2D eigenvalue weighted by Gasteiger charge is 2.53. The molecule has 3 heterocycles. The summed E-state index contributed by atoms with van der Waals surface area (Å²) in [6.45, 7) is 1.57. The lowest BCUT2D eigenvalue weighted by atomic mass is 9.96. The van der Waals surface area contributed by atoms with Crippen molar-refractivity contribution >= 4 is 5.91 Å². The normalized spacial score (nSPS) is 27.8. The number of allylic oxidation sites excluding steroid dienone is 19. The molecule has 0 aromatic heterocycles. The molecule has 3 aliphatic heterocycles. The van der Waals surface area contributed by atoms with Gasteiger partial charge in [0.25, 0.3) is 0 Å². The maximum Gasteiger partial charge on any atom is 0.220 e. The third kappa shape index (κ3) is 37.6. The Morgan fingerprint density at radius 2 is 0.729 bits per heavy atom. The second-order valence-electron chi connectivity index (χ2n) is 25.7. The zero-order chi connectivity index (χ0) is 69.6. The van der Waals surface area contributed by atoms with E-state index in [1.807, 2.05) is 6.08 Å². The largest absolute Gasteiger partial charge is 0.394 e. The van der Waals surface area contributed by atoms with Crippen molar-refractivity contribution in [2.75, 3.05) is 26.4 Å². The van der Waals surface area contributed by atoms with Gasteiger partial charge in [0.2, 0.25) is 5.91 Å². The number of carbonyl (C=O) groups is 1. The standard InChI is InChI=1S/C77H129NO18/c1-3-5-7-9-11-13-15-17-19-20-21-22-23-24-25-26-27-28-29-30-31-32-33-34-35-36-37-38-39-40-41-43-45-47-49-51-53-55-65(83)78-60(61(82)54-52-50-48-46-44-42-18-16-14-12-10-8-6-4-2)59-91-75-71(89)68(86)73(63(57-80)93-75)96-77-72(90)69(87)74(64(58-81)94-77)95-76-70(88)67(85)66(84)62(56-79)92-76/h5,7,11,13,17,19,21-22,24-25,27-28,30-31,33-34,44,46,52,54,60-64,66-77,79-82,84-90H,3-4,6,8-10,12,14-16,18,20,23,26,29,32,35-43,45,47-51,53,55-59H2,1-2H3,(H,78,83)/b7-5-,13-11-,19-17-,22-21-,25-24-,28-27-,31-30-,34-33-,46-44+,54-52+. The van der Waals surface area contributed by atoms with Crippen LogP contribution in [0, 0.1) is 0 Å². The number of hydrogen-bond donors (Lipinski definition) is 12. The van der Waals surface area contributed by atoms with Crippen LogP contribution in [0.2, 0.25) is 0 Å². The molecule has 3 fully saturated rings. The van der Waals surface area contributed by atoms with Crippen LogP contribution >= 0.6 is 0 Å². The van der Waals surface area contributed by atoms with E-state index in [4.69, 9.17) is 28.4 Å². The van der Waals surface area contributed by atoms with Gasteiger partial charge in [-0.3, -0.25) is 4.79 Å². The first-order valence-corrected chi connectivity index (χ1v) is 36.8. The lowest BCUT2D eigenvalue weighted by Gasteiger charge is -2.48. The fourth-order valence-corrected chi connectivity index (χ4v) is 11.6. The van der Waals surface area contributed by atoms with Crippen LogP contribution in [0.4, 0.5) is 0 Å². The molecule has 3 saturated heterocycles. The van der Waals surface area contributed by atoms with Gasteiger partial charge in [-0.25, -0.2) is 0 Å². The third-order valence-electron chi connectivity index (χ3n) is 17.5. The monoisotopic (exact) mass is 1360 g/mol. The Bertz CT molecular complexity index is 2210. The Hall–Kier alpha value is -3.81. The van der Waals surface area contributed by atoms with E-state index in [0.717, 1.165) is 103 Å². The summed E-state index contributed by atoms with van der Waals surface area (Å²) in [4.78, 5) is 13.4. The molecule has 3 aliphatic rings. The molecule has 12 N–H and O–H groups in total. The highest BCUT2D eigenvalue weighted by molar-refractivity contribution is 5.76. The van der Waals surface area contributed by atoms with Gasteiger partial charge in [-0.1, -0.05) is 245 Å². The van der Waals surface area contributed by atoms with E-state index in [1.54, 1.807) is 6.08 Å². The molecule has 0 saturated carbocycles. The zero-order valence-corrected chi connectivity index (χ0v) is 58.3. The molecule has 0 spiro atoms. The van der Waals surface area contributed by atoms with E-state index in [2.05, 4.69) is 129 Å². The second kappa shape index (κ2) is 56.9. The van der Waals surface area contributed by atoms with Crippen LogP contribution in [0.1, 0.15) is 226 Å². The van der Waals surface area contributed by atoms with Crippen molar-refractivity contribution in [3.05, 3.63) is 122 Å². The molecule has 17 unspecified atom stereocenters. The van der Waals surface area contributed by atoms with Gasteiger partial charge in [-0.15, -0.1) is 0 Å². The Balaban J connectivity index is 1.35. The van der Waals surface area contributed by atoms with Gasteiger partial charge in [0.15, 0.2) is 18.9 Å². The quantitative estimate of drug-likeness (QED) is 0.0199. The van der Waals surface area contributed by atoms with Crippen LogP contribution in [0.15, 0.2) is 122 Å². The van der Waals surface area contributed by atoms with Crippen LogP contribution < -0.4 is 5.32 Å². The minimum Gasteiger partial charge on any atom is -0.394 e. The van der Waals surface area contributed by atoms with Crippen LogP contribution in [0.25, 0.3) is 0 Å². The Kier molecular flexibility index (Phi) is 51.2. The molecule has 96 heavy (non-hydrogen) atoms. The van der Waals surface area contributed by atoms with E-state index >= 15 is 0 Å². The number of carbonyl (C=O) groups excluding carboxylic acids is 1. The minimum atomic E-state index is -1.99. The second-order valence-corrected chi connectivity index (χ2v) is 25.7. The maximum absolute atomic E-state index is 13.4. The molecule has 0 aliphatic carbocycles. The van der Waals surface area contributed by atoms with E-state index in [0.29, 0.717) is 12.8 Å². The Labute approximate surface area is 576 Å². The minimum absolute atomic E-state index is 0.226.